The van der Waals surface area contributed by atoms with Gasteiger partial charge in [0.1, 0.15) is 18.1 Å². The summed E-state index contributed by atoms with van der Waals surface area (Å²) in [5.41, 5.74) is 3.22. The van der Waals surface area contributed by atoms with Crippen molar-refractivity contribution in [3.63, 3.8) is 0 Å². The molecule has 1 N–H and O–H groups in total. The van der Waals surface area contributed by atoms with Crippen LogP contribution in [0.1, 0.15) is 5.76 Å². The summed E-state index contributed by atoms with van der Waals surface area (Å²) in [7, 11) is -4.03. The maximum absolute atomic E-state index is 13.3. The van der Waals surface area contributed by atoms with Gasteiger partial charge in [0.25, 0.3) is 21.6 Å². The molecule has 1 heterocycles. The van der Waals surface area contributed by atoms with Crippen molar-refractivity contribution in [2.24, 2.45) is 5.10 Å². The normalized spacial score (nSPS) is 11.4. The first-order valence-corrected chi connectivity index (χ1v) is 13.0. The molecule has 4 aromatic rings. The molecule has 1 amide bonds. The van der Waals surface area contributed by atoms with Crippen LogP contribution in [-0.2, 0) is 14.8 Å². The highest BCUT2D eigenvalue weighted by molar-refractivity contribution is 9.10. The fourth-order valence-corrected chi connectivity index (χ4v) is 5.01. The Balaban J connectivity index is 1.46. The first-order valence-electron chi connectivity index (χ1n) is 10.7. The number of hydrazone groups is 1. The van der Waals surface area contributed by atoms with Crippen molar-refractivity contribution in [2.75, 3.05) is 10.8 Å². The summed E-state index contributed by atoms with van der Waals surface area (Å²) >= 11 is 3.32. The zero-order chi connectivity index (χ0) is 26.4. The molecule has 0 saturated heterocycles. The number of non-ortho nitro benzene ring substituents is 1. The van der Waals surface area contributed by atoms with Crippen molar-refractivity contribution >= 4 is 49.4 Å². The van der Waals surface area contributed by atoms with Crippen LogP contribution in [0.15, 0.2) is 110 Å². The van der Waals surface area contributed by atoms with Gasteiger partial charge in [-0.3, -0.25) is 19.2 Å². The second-order valence-electron chi connectivity index (χ2n) is 7.60. The van der Waals surface area contributed by atoms with Crippen molar-refractivity contribution in [1.82, 2.24) is 5.43 Å². The number of halogens is 1. The van der Waals surface area contributed by atoms with E-state index in [2.05, 4.69) is 26.5 Å². The van der Waals surface area contributed by atoms with E-state index in [9.17, 15) is 23.3 Å². The smallest absolute Gasteiger partial charge is 0.269 e. The molecular formula is C25H19BrN4O6S. The largest absolute Gasteiger partial charge is 0.455 e. The summed E-state index contributed by atoms with van der Waals surface area (Å²) < 4.78 is 34.0. The summed E-state index contributed by atoms with van der Waals surface area (Å²) in [6.45, 7) is -0.512. The highest BCUT2D eigenvalue weighted by Crippen LogP contribution is 2.26. The van der Waals surface area contributed by atoms with Gasteiger partial charge in [-0.1, -0.05) is 34.1 Å². The standard InChI is InChI=1S/C25H19BrN4O6S/c26-19-8-12-20(13-9-19)29(37(34,35)23-4-2-1-3-5-23)17-25(31)28-27-16-22-14-15-24(36-22)18-6-10-21(11-7-18)30(32)33/h1-16H,17H2,(H,28,31)/b27-16-. The Morgan fingerprint density at radius 3 is 2.32 bits per heavy atom. The fraction of sp³-hybridized carbons (Fsp3) is 0.0400. The van der Waals surface area contributed by atoms with Gasteiger partial charge < -0.3 is 4.42 Å². The van der Waals surface area contributed by atoms with Gasteiger partial charge >= 0.3 is 0 Å². The SMILES string of the molecule is O=C(CN(c1ccc(Br)cc1)S(=O)(=O)c1ccccc1)N/N=C\c1ccc(-c2ccc([N+](=O)[O-])cc2)o1. The van der Waals surface area contributed by atoms with Gasteiger partial charge in [0.2, 0.25) is 0 Å². The predicted octanol–water partition coefficient (Wildman–Crippen LogP) is 4.96. The Morgan fingerprint density at radius 2 is 1.68 bits per heavy atom. The van der Waals surface area contributed by atoms with Crippen molar-refractivity contribution in [3.05, 3.63) is 111 Å². The lowest BCUT2D eigenvalue weighted by Gasteiger charge is -2.23. The maximum Gasteiger partial charge on any atom is 0.269 e. The summed E-state index contributed by atoms with van der Waals surface area (Å²) in [4.78, 5) is 23.0. The van der Waals surface area contributed by atoms with Crippen LogP contribution in [-0.4, -0.2) is 32.0 Å². The van der Waals surface area contributed by atoms with Crippen LogP contribution in [0, 0.1) is 10.1 Å². The number of carbonyl (C=O) groups excluding carboxylic acids is 1. The van der Waals surface area contributed by atoms with Crippen molar-refractivity contribution in [1.29, 1.82) is 0 Å². The van der Waals surface area contributed by atoms with E-state index < -0.39 is 27.4 Å². The molecule has 3 aromatic carbocycles. The summed E-state index contributed by atoms with van der Waals surface area (Å²) in [6.07, 6.45) is 1.27. The zero-order valence-corrected chi connectivity index (χ0v) is 21.4. The van der Waals surface area contributed by atoms with Crippen LogP contribution < -0.4 is 9.73 Å². The molecule has 0 saturated carbocycles. The highest BCUT2D eigenvalue weighted by atomic mass is 79.9. The van der Waals surface area contributed by atoms with Gasteiger partial charge in [-0.2, -0.15) is 5.10 Å². The Bertz CT molecular complexity index is 1540. The van der Waals surface area contributed by atoms with Crippen LogP contribution in [0.4, 0.5) is 11.4 Å². The number of anilines is 1. The number of nitrogens with zero attached hydrogens (tertiary/aromatic N) is 3. The molecule has 10 nitrogen and oxygen atoms in total. The van der Waals surface area contributed by atoms with Crippen LogP contribution in [0.3, 0.4) is 0 Å². The second-order valence-corrected chi connectivity index (χ2v) is 10.4. The number of nitro benzene ring substituents is 1. The van der Waals surface area contributed by atoms with Gasteiger partial charge in [0.15, 0.2) is 0 Å². The molecule has 0 radical (unpaired) electrons. The second kappa shape index (κ2) is 11.2. The van der Waals surface area contributed by atoms with Crippen molar-refractivity contribution in [3.8, 4) is 11.3 Å². The molecule has 0 aliphatic carbocycles. The van der Waals surface area contributed by atoms with E-state index in [1.54, 1.807) is 66.7 Å². The van der Waals surface area contributed by atoms with Crippen LogP contribution in [0.25, 0.3) is 11.3 Å². The van der Waals surface area contributed by atoms with E-state index in [4.69, 9.17) is 4.42 Å². The van der Waals surface area contributed by atoms with E-state index in [-0.39, 0.29) is 10.6 Å². The molecule has 1 aromatic heterocycles. The van der Waals surface area contributed by atoms with Crippen LogP contribution >= 0.6 is 15.9 Å². The molecule has 4 rings (SSSR count). The monoisotopic (exact) mass is 582 g/mol. The minimum absolute atomic E-state index is 0.0359. The third-order valence-corrected chi connectivity index (χ3v) is 7.42. The van der Waals surface area contributed by atoms with E-state index >= 15 is 0 Å². The van der Waals surface area contributed by atoms with Gasteiger partial charge in [-0.15, -0.1) is 0 Å². The van der Waals surface area contributed by atoms with E-state index in [1.165, 1.54) is 30.5 Å². The molecule has 0 aliphatic heterocycles. The first kappa shape index (κ1) is 25.8. The topological polar surface area (TPSA) is 135 Å². The quantitative estimate of drug-likeness (QED) is 0.168. The number of hydrogen-bond donors (Lipinski definition) is 1. The van der Waals surface area contributed by atoms with Crippen molar-refractivity contribution in [2.45, 2.75) is 4.90 Å². The third kappa shape index (κ3) is 6.29. The maximum atomic E-state index is 13.3. The Hall–Kier alpha value is -4.29. The number of carbonyl (C=O) groups is 1. The number of nitro groups is 1. The number of furan rings is 1. The van der Waals surface area contributed by atoms with Crippen LogP contribution in [0.2, 0.25) is 0 Å². The fourth-order valence-electron chi connectivity index (χ4n) is 3.30. The van der Waals surface area contributed by atoms with E-state index in [0.717, 1.165) is 8.78 Å². The first-order chi connectivity index (χ1) is 17.7. The number of nitrogens with one attached hydrogen (secondary N) is 1. The molecule has 37 heavy (non-hydrogen) atoms. The van der Waals surface area contributed by atoms with Crippen molar-refractivity contribution < 1.29 is 22.6 Å². The Morgan fingerprint density at radius 1 is 1.00 bits per heavy atom. The lowest BCUT2D eigenvalue weighted by atomic mass is 10.1. The number of hydrogen-bond acceptors (Lipinski definition) is 7. The lowest BCUT2D eigenvalue weighted by Crippen LogP contribution is -2.39. The predicted molar refractivity (Wildman–Crippen MR) is 142 cm³/mol. The molecule has 0 bridgehead atoms. The summed E-state index contributed by atoms with van der Waals surface area (Å²) in [6, 6.07) is 23.5. The highest BCUT2D eigenvalue weighted by Gasteiger charge is 2.27. The van der Waals surface area contributed by atoms with Gasteiger partial charge in [-0.05, 0) is 60.7 Å². The molecular weight excluding hydrogens is 564 g/mol. The average Bonchev–Trinajstić information content (AvgIpc) is 3.37. The number of benzene rings is 3. The minimum Gasteiger partial charge on any atom is -0.455 e. The van der Waals surface area contributed by atoms with Gasteiger partial charge in [-0.25, -0.2) is 13.8 Å². The number of rotatable bonds is 9. The van der Waals surface area contributed by atoms with E-state index in [1.807, 2.05) is 0 Å². The minimum atomic E-state index is -4.03. The lowest BCUT2D eigenvalue weighted by molar-refractivity contribution is -0.384. The molecule has 0 spiro atoms. The Kier molecular flexibility index (Phi) is 7.80. The molecule has 12 heteroatoms. The molecule has 0 atom stereocenters. The molecule has 188 valence electrons. The molecule has 0 aliphatic rings. The average molecular weight is 583 g/mol. The van der Waals surface area contributed by atoms with Gasteiger partial charge in [0, 0.05) is 22.2 Å². The van der Waals surface area contributed by atoms with E-state index in [0.29, 0.717) is 22.8 Å². The number of sulfonamides is 1. The summed E-state index contributed by atoms with van der Waals surface area (Å²) in [5, 5.41) is 14.7. The third-order valence-electron chi connectivity index (χ3n) is 5.10. The summed E-state index contributed by atoms with van der Waals surface area (Å²) in [5.74, 6) is 0.106. The number of amides is 1. The van der Waals surface area contributed by atoms with Gasteiger partial charge in [0.05, 0.1) is 21.7 Å². The molecule has 0 unspecified atom stereocenters. The Labute approximate surface area is 220 Å². The van der Waals surface area contributed by atoms with Crippen LogP contribution in [0.5, 0.6) is 0 Å². The molecule has 0 fully saturated rings. The zero-order valence-electron chi connectivity index (χ0n) is 19.0.